The predicted octanol–water partition coefficient (Wildman–Crippen LogP) is 3.09. The van der Waals surface area contributed by atoms with Gasteiger partial charge in [0.15, 0.2) is 0 Å². The summed E-state index contributed by atoms with van der Waals surface area (Å²) in [7, 11) is -4.32. The second-order valence-corrected chi connectivity index (χ2v) is 13.6. The molecule has 0 spiro atoms. The molecule has 3 aliphatic rings. The number of hydrogen-bond donors (Lipinski definition) is 3. The fraction of sp³-hybridized carbons (Fsp3) is 0.556. The number of nitrogens with zero attached hydrogens (tertiary/aromatic N) is 2. The zero-order chi connectivity index (χ0) is 30.5. The Morgan fingerprint density at radius 1 is 1.29 bits per heavy atom. The van der Waals surface area contributed by atoms with Crippen molar-refractivity contribution >= 4 is 55.3 Å². The minimum absolute atomic E-state index is 0.0697. The maximum atomic E-state index is 13.6. The number of hydrogen-bond acceptors (Lipinski definition) is 9. The number of ether oxygens (including phenoxy) is 1. The van der Waals surface area contributed by atoms with Crippen LogP contribution in [-0.4, -0.2) is 67.0 Å². The Morgan fingerprint density at radius 3 is 2.81 bits per heavy atom. The van der Waals surface area contributed by atoms with Crippen molar-refractivity contribution in [2.24, 2.45) is 5.92 Å². The molecule has 4 atom stereocenters. The summed E-state index contributed by atoms with van der Waals surface area (Å²) in [4.78, 5) is 51.2. The SMILES string of the molecule is C=C(C)OCON[C@H]1CCCCC/C=C\[C@@H]2C[C@@]2(C(=O)NS(=O)(=O)c2cnc(Cl)c(Br)c2)NC(=O)[C@@H]2CCCN2C1=O. The summed E-state index contributed by atoms with van der Waals surface area (Å²) in [5.41, 5.74) is 1.31. The van der Waals surface area contributed by atoms with Crippen LogP contribution in [-0.2, 0) is 34.0 Å². The van der Waals surface area contributed by atoms with Crippen LogP contribution in [0.3, 0.4) is 0 Å². The Kier molecular flexibility index (Phi) is 10.7. The van der Waals surface area contributed by atoms with E-state index in [0.29, 0.717) is 31.6 Å². The lowest BCUT2D eigenvalue weighted by Gasteiger charge is -2.30. The maximum Gasteiger partial charge on any atom is 0.265 e. The number of allylic oxidation sites excluding steroid dienone is 2. The van der Waals surface area contributed by atoms with E-state index in [0.717, 1.165) is 31.9 Å². The molecular weight excluding hydrogens is 654 g/mol. The predicted molar refractivity (Wildman–Crippen MR) is 157 cm³/mol. The topological polar surface area (TPSA) is 156 Å². The minimum atomic E-state index is -4.32. The average molecular weight is 689 g/mol. The number of fused-ring (bicyclic) bond motifs is 2. The van der Waals surface area contributed by atoms with Gasteiger partial charge in [-0.05, 0) is 67.4 Å². The lowest BCUT2D eigenvalue weighted by molar-refractivity contribution is -0.148. The van der Waals surface area contributed by atoms with Crippen LogP contribution < -0.4 is 15.5 Å². The minimum Gasteiger partial charge on any atom is -0.471 e. The Balaban J connectivity index is 1.54. The van der Waals surface area contributed by atoms with Crippen LogP contribution in [0.5, 0.6) is 0 Å². The summed E-state index contributed by atoms with van der Waals surface area (Å²) in [6.07, 6.45) is 9.78. The van der Waals surface area contributed by atoms with Gasteiger partial charge in [-0.25, -0.2) is 18.1 Å². The van der Waals surface area contributed by atoms with E-state index < -0.39 is 45.4 Å². The standard InChI is InChI=1S/C27H35BrClN5O7S/c1-17(2)40-16-41-32-21-10-7-5-3-4-6-9-18-14-27(18,31-24(35)22-11-8-12-34(22)25(21)36)26(37)33-42(38,39)19-13-20(28)23(29)30-15-19/h6,9,13,15,18,21-22,32H,1,3-5,7-8,10-12,14,16H2,2H3,(H,31,35)(H,33,37)/b9-6-/t18-,21+,22+,27-/m1/s1. The largest absolute Gasteiger partial charge is 0.471 e. The highest BCUT2D eigenvalue weighted by Gasteiger charge is 2.61. The highest BCUT2D eigenvalue weighted by atomic mass is 79.9. The van der Waals surface area contributed by atoms with E-state index in [-0.39, 0.29) is 33.6 Å². The third kappa shape index (κ3) is 7.70. The number of aromatic nitrogens is 1. The van der Waals surface area contributed by atoms with Crippen molar-refractivity contribution in [2.75, 3.05) is 13.3 Å². The fourth-order valence-corrected chi connectivity index (χ4v) is 6.77. The van der Waals surface area contributed by atoms with Crippen LogP contribution in [0.15, 0.2) is 46.1 Å². The van der Waals surface area contributed by atoms with Crippen LogP contribution in [0.4, 0.5) is 0 Å². The van der Waals surface area contributed by atoms with Crippen molar-refractivity contribution in [1.29, 1.82) is 0 Å². The zero-order valence-electron chi connectivity index (χ0n) is 23.2. The van der Waals surface area contributed by atoms with Gasteiger partial charge in [0.25, 0.3) is 15.9 Å². The average Bonchev–Trinajstić information content (AvgIpc) is 3.39. The first-order valence-corrected chi connectivity index (χ1v) is 16.4. The molecule has 230 valence electrons. The van der Waals surface area contributed by atoms with Gasteiger partial charge in [0.2, 0.25) is 18.6 Å². The Labute approximate surface area is 258 Å². The zero-order valence-corrected chi connectivity index (χ0v) is 26.4. The number of nitrogens with one attached hydrogen (secondary N) is 3. The highest BCUT2D eigenvalue weighted by molar-refractivity contribution is 9.10. The monoisotopic (exact) mass is 687 g/mol. The van der Waals surface area contributed by atoms with Crippen LogP contribution in [0.2, 0.25) is 5.15 Å². The summed E-state index contributed by atoms with van der Waals surface area (Å²) < 4.78 is 33.7. The number of rotatable bonds is 8. The Bertz CT molecular complexity index is 1360. The second kappa shape index (κ2) is 13.8. The van der Waals surface area contributed by atoms with Gasteiger partial charge in [0, 0.05) is 18.7 Å². The molecule has 12 nitrogen and oxygen atoms in total. The molecule has 0 radical (unpaired) electrons. The molecule has 1 saturated carbocycles. The molecule has 0 bridgehead atoms. The van der Waals surface area contributed by atoms with Crippen LogP contribution in [0.25, 0.3) is 0 Å². The van der Waals surface area contributed by atoms with E-state index in [1.807, 2.05) is 12.2 Å². The summed E-state index contributed by atoms with van der Waals surface area (Å²) in [6.45, 7) is 5.57. The number of pyridine rings is 1. The Hall–Kier alpha value is -2.52. The van der Waals surface area contributed by atoms with Gasteiger partial charge in [0.1, 0.15) is 27.7 Å². The third-order valence-corrected chi connectivity index (χ3v) is 9.97. The van der Waals surface area contributed by atoms with Crippen molar-refractivity contribution in [3.63, 3.8) is 0 Å². The molecule has 1 saturated heterocycles. The van der Waals surface area contributed by atoms with Gasteiger partial charge < -0.3 is 15.0 Å². The van der Waals surface area contributed by atoms with Gasteiger partial charge >= 0.3 is 0 Å². The van der Waals surface area contributed by atoms with Gasteiger partial charge in [-0.1, -0.05) is 43.2 Å². The molecule has 3 amide bonds. The first-order valence-electron chi connectivity index (χ1n) is 13.8. The summed E-state index contributed by atoms with van der Waals surface area (Å²) in [5, 5.41) is 2.88. The molecule has 1 aliphatic carbocycles. The molecule has 4 rings (SSSR count). The van der Waals surface area contributed by atoms with E-state index in [2.05, 4.69) is 43.0 Å². The van der Waals surface area contributed by atoms with Crippen molar-refractivity contribution in [3.8, 4) is 0 Å². The molecule has 42 heavy (non-hydrogen) atoms. The molecule has 1 aromatic heterocycles. The van der Waals surface area contributed by atoms with E-state index in [4.69, 9.17) is 21.2 Å². The molecule has 3 heterocycles. The first kappa shape index (κ1) is 32.4. The summed E-state index contributed by atoms with van der Waals surface area (Å²) in [5.74, 6) is -1.59. The van der Waals surface area contributed by atoms with Gasteiger partial charge in [0.05, 0.1) is 10.2 Å². The van der Waals surface area contributed by atoms with Crippen molar-refractivity contribution in [2.45, 2.75) is 80.8 Å². The summed E-state index contributed by atoms with van der Waals surface area (Å²) in [6, 6.07) is -0.277. The third-order valence-electron chi connectivity index (χ3n) is 7.53. The quantitative estimate of drug-likeness (QED) is 0.0933. The number of sulfonamides is 1. The van der Waals surface area contributed by atoms with E-state index in [1.165, 1.54) is 11.0 Å². The number of amides is 3. The first-order chi connectivity index (χ1) is 19.9. The van der Waals surface area contributed by atoms with E-state index in [9.17, 15) is 22.8 Å². The number of carbonyl (C=O) groups excluding carboxylic acids is 3. The van der Waals surface area contributed by atoms with Crippen LogP contribution in [0, 0.1) is 5.92 Å². The molecule has 3 N–H and O–H groups in total. The number of halogens is 2. The van der Waals surface area contributed by atoms with Gasteiger partial charge in [-0.15, -0.1) is 0 Å². The fourth-order valence-electron chi connectivity index (χ4n) is 5.16. The van der Waals surface area contributed by atoms with E-state index >= 15 is 0 Å². The lowest BCUT2D eigenvalue weighted by atomic mass is 10.1. The normalized spacial score (nSPS) is 27.5. The lowest BCUT2D eigenvalue weighted by Crippen LogP contribution is -2.58. The van der Waals surface area contributed by atoms with Crippen LogP contribution >= 0.6 is 27.5 Å². The van der Waals surface area contributed by atoms with Crippen LogP contribution in [0.1, 0.15) is 58.3 Å². The van der Waals surface area contributed by atoms with Gasteiger partial charge in [-0.2, -0.15) is 5.48 Å². The molecule has 15 heteroatoms. The van der Waals surface area contributed by atoms with Crippen molar-refractivity contribution < 1.29 is 32.4 Å². The van der Waals surface area contributed by atoms with Crippen molar-refractivity contribution in [1.82, 2.24) is 25.4 Å². The molecule has 2 fully saturated rings. The highest BCUT2D eigenvalue weighted by Crippen LogP contribution is 2.46. The molecule has 0 aromatic carbocycles. The second-order valence-electron chi connectivity index (χ2n) is 10.7. The van der Waals surface area contributed by atoms with Gasteiger partial charge in [-0.3, -0.25) is 19.2 Å². The van der Waals surface area contributed by atoms with E-state index in [1.54, 1.807) is 6.92 Å². The number of carbonyl (C=O) groups is 3. The van der Waals surface area contributed by atoms with Crippen molar-refractivity contribution in [3.05, 3.63) is 46.4 Å². The molecule has 2 aliphatic heterocycles. The Morgan fingerprint density at radius 2 is 2.07 bits per heavy atom. The molecular formula is C27H35BrClN5O7S. The summed E-state index contributed by atoms with van der Waals surface area (Å²) >= 11 is 9.03. The number of hydroxylamine groups is 1. The maximum absolute atomic E-state index is 13.6. The smallest absolute Gasteiger partial charge is 0.265 e. The molecule has 1 aromatic rings. The molecule has 0 unspecified atom stereocenters.